The summed E-state index contributed by atoms with van der Waals surface area (Å²) < 4.78 is 7.17. The average Bonchev–Trinajstić information content (AvgIpc) is 3.14. The molecule has 0 bridgehead atoms. The van der Waals surface area contributed by atoms with Crippen LogP contribution in [-0.4, -0.2) is 28.3 Å². The molecule has 3 aromatic rings. The van der Waals surface area contributed by atoms with Crippen LogP contribution in [-0.2, 0) is 11.8 Å². The zero-order chi connectivity index (χ0) is 20.8. The predicted molar refractivity (Wildman–Crippen MR) is 117 cm³/mol. The van der Waals surface area contributed by atoms with Crippen LogP contribution in [0.4, 0.5) is 0 Å². The monoisotopic (exact) mass is 409 g/mol. The van der Waals surface area contributed by atoms with Gasteiger partial charge in [-0.2, -0.15) is 0 Å². The number of aromatic nitrogens is 2. The van der Waals surface area contributed by atoms with Gasteiger partial charge in [-0.1, -0.05) is 18.2 Å². The molecule has 3 rings (SSSR count). The lowest BCUT2D eigenvalue weighted by molar-refractivity contribution is -0.121. The van der Waals surface area contributed by atoms with Gasteiger partial charge in [0, 0.05) is 36.5 Å². The van der Waals surface area contributed by atoms with Crippen LogP contribution in [0.5, 0.6) is 5.75 Å². The number of rotatable bonds is 8. The summed E-state index contributed by atoms with van der Waals surface area (Å²) in [5.41, 5.74) is 3.52. The number of ether oxygens (including phenoxy) is 1. The number of nitrogens with zero attached hydrogens (tertiary/aromatic N) is 2. The van der Waals surface area contributed by atoms with E-state index >= 15 is 0 Å². The van der Waals surface area contributed by atoms with Crippen molar-refractivity contribution in [2.75, 3.05) is 12.9 Å². The molecule has 0 radical (unpaired) electrons. The van der Waals surface area contributed by atoms with Crippen LogP contribution in [0.3, 0.4) is 0 Å². The minimum absolute atomic E-state index is 0.00477. The molecule has 2 aromatic carbocycles. The summed E-state index contributed by atoms with van der Waals surface area (Å²) in [6.07, 6.45) is 4.07. The fourth-order valence-corrected chi connectivity index (χ4v) is 3.99. The van der Waals surface area contributed by atoms with E-state index in [1.807, 2.05) is 42.1 Å². The summed E-state index contributed by atoms with van der Waals surface area (Å²) in [5.74, 6) is 2.31. The minimum Gasteiger partial charge on any atom is -0.497 e. The molecule has 29 heavy (non-hydrogen) atoms. The maximum Gasteiger partial charge on any atom is 0.221 e. The Kier molecular flexibility index (Phi) is 6.99. The molecule has 0 saturated carbocycles. The molecule has 0 aliphatic heterocycles. The Balaban J connectivity index is 1.66. The van der Waals surface area contributed by atoms with Crippen LogP contribution in [0, 0.1) is 13.8 Å². The fourth-order valence-electron chi connectivity index (χ4n) is 3.05. The number of methoxy groups -OCH3 is 1. The Labute approximate surface area is 176 Å². The topological polar surface area (TPSA) is 56.1 Å². The van der Waals surface area contributed by atoms with Crippen LogP contribution in [0.15, 0.2) is 59.8 Å². The van der Waals surface area contributed by atoms with E-state index in [0.717, 1.165) is 22.9 Å². The van der Waals surface area contributed by atoms with Crippen molar-refractivity contribution in [2.45, 2.75) is 31.2 Å². The molecular weight excluding hydrogens is 382 g/mol. The zero-order valence-corrected chi connectivity index (χ0v) is 18.1. The van der Waals surface area contributed by atoms with Crippen molar-refractivity contribution in [3.8, 4) is 5.75 Å². The SMILES string of the molecule is COc1ccc(C(NC(=O)CCSc2ccc(C)c(C)c2)c2nccn2C)cc1. The second-order valence-corrected chi connectivity index (χ2v) is 8.18. The molecule has 0 fully saturated rings. The van der Waals surface area contributed by atoms with E-state index in [1.54, 1.807) is 25.1 Å². The summed E-state index contributed by atoms with van der Waals surface area (Å²) in [7, 11) is 3.57. The first-order valence-corrected chi connectivity index (χ1v) is 10.6. The lowest BCUT2D eigenvalue weighted by Crippen LogP contribution is -2.31. The number of hydrogen-bond acceptors (Lipinski definition) is 4. The molecule has 0 spiro atoms. The van der Waals surface area contributed by atoms with Gasteiger partial charge < -0.3 is 14.6 Å². The number of hydrogen-bond donors (Lipinski definition) is 1. The Morgan fingerprint density at radius 2 is 1.93 bits per heavy atom. The number of amides is 1. The van der Waals surface area contributed by atoms with Gasteiger partial charge in [-0.15, -0.1) is 11.8 Å². The number of carbonyl (C=O) groups is 1. The molecule has 1 amide bonds. The third kappa shape index (κ3) is 5.41. The summed E-state index contributed by atoms with van der Waals surface area (Å²) in [4.78, 5) is 18.3. The van der Waals surface area contributed by atoms with Gasteiger partial charge in [-0.25, -0.2) is 4.98 Å². The molecule has 1 unspecified atom stereocenters. The van der Waals surface area contributed by atoms with Crippen molar-refractivity contribution in [2.24, 2.45) is 7.05 Å². The van der Waals surface area contributed by atoms with Crippen molar-refractivity contribution in [1.82, 2.24) is 14.9 Å². The Bertz CT molecular complexity index is 967. The minimum atomic E-state index is -0.306. The zero-order valence-electron chi connectivity index (χ0n) is 17.3. The van der Waals surface area contributed by atoms with Crippen molar-refractivity contribution < 1.29 is 9.53 Å². The molecule has 1 atom stereocenters. The van der Waals surface area contributed by atoms with Gasteiger partial charge in [-0.3, -0.25) is 4.79 Å². The summed E-state index contributed by atoms with van der Waals surface area (Å²) in [6.45, 7) is 4.21. The Morgan fingerprint density at radius 3 is 2.55 bits per heavy atom. The lowest BCUT2D eigenvalue weighted by Gasteiger charge is -2.19. The smallest absolute Gasteiger partial charge is 0.221 e. The van der Waals surface area contributed by atoms with E-state index < -0.39 is 0 Å². The van der Waals surface area contributed by atoms with Crippen LogP contribution >= 0.6 is 11.8 Å². The van der Waals surface area contributed by atoms with E-state index in [9.17, 15) is 4.79 Å². The molecule has 0 saturated heterocycles. The predicted octanol–water partition coefficient (Wildman–Crippen LogP) is 4.43. The highest BCUT2D eigenvalue weighted by Crippen LogP contribution is 2.24. The maximum atomic E-state index is 12.7. The number of nitrogens with one attached hydrogen (secondary N) is 1. The summed E-state index contributed by atoms with van der Waals surface area (Å²) >= 11 is 1.70. The number of benzene rings is 2. The van der Waals surface area contributed by atoms with Gasteiger partial charge in [0.15, 0.2) is 0 Å². The van der Waals surface area contributed by atoms with Gasteiger partial charge in [-0.05, 0) is 54.8 Å². The third-order valence-corrected chi connectivity index (χ3v) is 5.94. The highest BCUT2D eigenvalue weighted by molar-refractivity contribution is 7.99. The molecule has 1 heterocycles. The van der Waals surface area contributed by atoms with Gasteiger partial charge in [0.1, 0.15) is 17.6 Å². The second kappa shape index (κ2) is 9.65. The van der Waals surface area contributed by atoms with Gasteiger partial charge in [0.25, 0.3) is 0 Å². The molecular formula is C23H27N3O2S. The van der Waals surface area contributed by atoms with Crippen molar-refractivity contribution in [3.05, 3.63) is 77.4 Å². The molecule has 152 valence electrons. The largest absolute Gasteiger partial charge is 0.497 e. The normalized spacial score (nSPS) is 11.9. The van der Waals surface area contributed by atoms with E-state index in [4.69, 9.17) is 4.74 Å². The van der Waals surface area contributed by atoms with E-state index in [2.05, 4.69) is 42.3 Å². The van der Waals surface area contributed by atoms with Gasteiger partial charge in [0.2, 0.25) is 5.91 Å². The molecule has 1 N–H and O–H groups in total. The van der Waals surface area contributed by atoms with E-state index in [0.29, 0.717) is 6.42 Å². The second-order valence-electron chi connectivity index (χ2n) is 7.01. The highest BCUT2D eigenvalue weighted by atomic mass is 32.2. The lowest BCUT2D eigenvalue weighted by atomic mass is 10.1. The van der Waals surface area contributed by atoms with Crippen molar-refractivity contribution in [3.63, 3.8) is 0 Å². The Morgan fingerprint density at radius 1 is 1.17 bits per heavy atom. The van der Waals surface area contributed by atoms with Crippen LogP contribution < -0.4 is 10.1 Å². The first-order valence-electron chi connectivity index (χ1n) is 9.58. The summed E-state index contributed by atoms with van der Waals surface area (Å²) in [5, 5.41) is 3.14. The molecule has 0 aliphatic rings. The van der Waals surface area contributed by atoms with E-state index in [1.165, 1.54) is 16.0 Å². The molecule has 6 heteroatoms. The number of carbonyl (C=O) groups excluding carboxylic acids is 1. The van der Waals surface area contributed by atoms with Crippen molar-refractivity contribution in [1.29, 1.82) is 0 Å². The average molecular weight is 410 g/mol. The maximum absolute atomic E-state index is 12.7. The summed E-state index contributed by atoms with van der Waals surface area (Å²) in [6, 6.07) is 13.8. The number of imidazole rings is 1. The molecule has 5 nitrogen and oxygen atoms in total. The first kappa shape index (κ1) is 21.0. The third-order valence-electron chi connectivity index (χ3n) is 4.95. The van der Waals surface area contributed by atoms with Gasteiger partial charge in [0.05, 0.1) is 7.11 Å². The fraction of sp³-hybridized carbons (Fsp3) is 0.304. The van der Waals surface area contributed by atoms with Crippen molar-refractivity contribution >= 4 is 17.7 Å². The standard InChI is InChI=1S/C23H27N3O2S/c1-16-5-10-20(15-17(16)2)29-14-11-21(27)25-22(23-24-12-13-26(23)3)18-6-8-19(28-4)9-7-18/h5-10,12-13,15,22H,11,14H2,1-4H3,(H,25,27). The van der Waals surface area contributed by atoms with Crippen LogP contribution in [0.2, 0.25) is 0 Å². The number of thioether (sulfide) groups is 1. The quantitative estimate of drug-likeness (QED) is 0.559. The first-order chi connectivity index (χ1) is 14.0. The van der Waals surface area contributed by atoms with Crippen LogP contribution in [0.25, 0.3) is 0 Å². The van der Waals surface area contributed by atoms with Gasteiger partial charge >= 0.3 is 0 Å². The molecule has 1 aromatic heterocycles. The Hall–Kier alpha value is -2.73. The highest BCUT2D eigenvalue weighted by Gasteiger charge is 2.20. The molecule has 0 aliphatic carbocycles. The number of aryl methyl sites for hydroxylation is 3. The van der Waals surface area contributed by atoms with Crippen LogP contribution in [0.1, 0.15) is 35.0 Å². The van der Waals surface area contributed by atoms with E-state index in [-0.39, 0.29) is 11.9 Å².